The van der Waals surface area contributed by atoms with Gasteiger partial charge in [-0.3, -0.25) is 9.69 Å². The Kier molecular flexibility index (Phi) is 4.49. The summed E-state index contributed by atoms with van der Waals surface area (Å²) in [6.45, 7) is 6.26. The molecule has 2 aliphatic rings. The monoisotopic (exact) mass is 306 g/mol. The molecule has 0 spiro atoms. The number of nitrogens with zero attached hydrogens (tertiary/aromatic N) is 3. The van der Waals surface area contributed by atoms with Gasteiger partial charge in [0, 0.05) is 45.7 Å². The fraction of sp³-hybridized carbons (Fsp3) is 0.750. The van der Waals surface area contributed by atoms with E-state index in [2.05, 4.69) is 21.8 Å². The van der Waals surface area contributed by atoms with E-state index in [9.17, 15) is 4.79 Å². The Morgan fingerprint density at radius 3 is 2.91 bits per heavy atom. The van der Waals surface area contributed by atoms with Gasteiger partial charge in [0.2, 0.25) is 5.91 Å². The molecular formula is C16H26N4O2. The van der Waals surface area contributed by atoms with E-state index in [1.54, 1.807) is 13.3 Å². The smallest absolute Gasteiger partial charge is 0.228 e. The van der Waals surface area contributed by atoms with E-state index in [0.717, 1.165) is 51.3 Å². The number of carbonyl (C=O) groups is 1. The van der Waals surface area contributed by atoms with Gasteiger partial charge in [0.1, 0.15) is 5.82 Å². The van der Waals surface area contributed by atoms with Gasteiger partial charge in [0.05, 0.1) is 11.5 Å². The summed E-state index contributed by atoms with van der Waals surface area (Å²) in [5.74, 6) is 1.28. The Morgan fingerprint density at radius 1 is 1.50 bits per heavy atom. The van der Waals surface area contributed by atoms with Crippen molar-refractivity contribution in [3.8, 4) is 0 Å². The van der Waals surface area contributed by atoms with Crippen molar-refractivity contribution in [3.63, 3.8) is 0 Å². The van der Waals surface area contributed by atoms with Crippen molar-refractivity contribution in [3.05, 3.63) is 18.2 Å². The number of ether oxygens (including phenoxy) is 1. The van der Waals surface area contributed by atoms with Crippen LogP contribution in [0.4, 0.5) is 0 Å². The molecule has 1 aliphatic carbocycles. The van der Waals surface area contributed by atoms with Crippen LogP contribution in [0.2, 0.25) is 0 Å². The number of hydrogen-bond donors (Lipinski definition) is 1. The van der Waals surface area contributed by atoms with Crippen LogP contribution in [0.3, 0.4) is 0 Å². The van der Waals surface area contributed by atoms with Crippen LogP contribution in [0, 0.1) is 5.41 Å². The van der Waals surface area contributed by atoms with E-state index in [0.29, 0.717) is 12.5 Å². The second kappa shape index (κ2) is 6.38. The highest BCUT2D eigenvalue weighted by atomic mass is 16.5. The Hall–Kier alpha value is -1.40. The van der Waals surface area contributed by atoms with Crippen LogP contribution in [0.5, 0.6) is 0 Å². The highest BCUT2D eigenvalue weighted by Gasteiger charge is 2.51. The number of rotatable bonds is 6. The molecule has 1 aromatic rings. The molecule has 0 aromatic carbocycles. The highest BCUT2D eigenvalue weighted by Crippen LogP contribution is 2.50. The lowest BCUT2D eigenvalue weighted by Crippen LogP contribution is -2.52. The summed E-state index contributed by atoms with van der Waals surface area (Å²) in [5.41, 5.74) is -0.141. The lowest BCUT2D eigenvalue weighted by molar-refractivity contribution is -0.141. The van der Waals surface area contributed by atoms with E-state index in [4.69, 9.17) is 4.74 Å². The first kappa shape index (κ1) is 15.5. The first-order valence-electron chi connectivity index (χ1n) is 8.22. The molecule has 2 heterocycles. The number of nitrogens with one attached hydrogen (secondary N) is 1. The molecule has 122 valence electrons. The zero-order chi connectivity index (χ0) is 15.6. The molecule has 1 saturated heterocycles. The predicted molar refractivity (Wildman–Crippen MR) is 83.3 cm³/mol. The molecule has 1 aromatic heterocycles. The molecule has 22 heavy (non-hydrogen) atoms. The number of hydrogen-bond acceptors (Lipinski definition) is 4. The molecule has 1 N–H and O–H groups in total. The first-order valence-corrected chi connectivity index (χ1v) is 8.22. The third kappa shape index (κ3) is 2.90. The van der Waals surface area contributed by atoms with Crippen molar-refractivity contribution >= 4 is 5.91 Å². The minimum atomic E-state index is -0.141. The van der Waals surface area contributed by atoms with Gasteiger partial charge in [-0.15, -0.1) is 0 Å². The van der Waals surface area contributed by atoms with Gasteiger partial charge >= 0.3 is 0 Å². The maximum absolute atomic E-state index is 12.9. The molecular weight excluding hydrogens is 280 g/mol. The molecule has 1 aliphatic heterocycles. The summed E-state index contributed by atoms with van der Waals surface area (Å²) in [6.07, 6.45) is 6.50. The summed E-state index contributed by atoms with van der Waals surface area (Å²) in [5, 5.41) is 0. The highest BCUT2D eigenvalue weighted by molar-refractivity contribution is 5.85. The first-order chi connectivity index (χ1) is 10.7. The van der Waals surface area contributed by atoms with Crippen LogP contribution >= 0.6 is 0 Å². The number of H-pyrrole nitrogens is 1. The van der Waals surface area contributed by atoms with E-state index in [1.165, 1.54) is 0 Å². The van der Waals surface area contributed by atoms with E-state index < -0.39 is 0 Å². The molecule has 6 nitrogen and oxygen atoms in total. The minimum Gasteiger partial charge on any atom is -0.385 e. The van der Waals surface area contributed by atoms with Gasteiger partial charge in [-0.05, 0) is 25.8 Å². The van der Waals surface area contributed by atoms with Crippen LogP contribution in [0.25, 0.3) is 0 Å². The number of methoxy groups -OCH3 is 1. The lowest BCUT2D eigenvalue weighted by Gasteiger charge is -2.41. The quantitative estimate of drug-likeness (QED) is 0.864. The van der Waals surface area contributed by atoms with Crippen LogP contribution < -0.4 is 0 Å². The van der Waals surface area contributed by atoms with Crippen molar-refractivity contribution in [1.82, 2.24) is 19.8 Å². The molecule has 3 rings (SSSR count). The number of piperazine rings is 1. The molecule has 0 bridgehead atoms. The normalized spacial score (nSPS) is 24.5. The van der Waals surface area contributed by atoms with Gasteiger partial charge in [0.25, 0.3) is 0 Å². The molecule has 0 radical (unpaired) electrons. The Balaban J connectivity index is 1.69. The second-order valence-electron chi connectivity index (χ2n) is 6.39. The second-order valence-corrected chi connectivity index (χ2v) is 6.39. The maximum atomic E-state index is 12.9. The van der Waals surface area contributed by atoms with Crippen molar-refractivity contribution < 1.29 is 9.53 Å². The van der Waals surface area contributed by atoms with Gasteiger partial charge in [-0.1, -0.05) is 6.92 Å². The number of aromatic nitrogens is 2. The lowest BCUT2D eigenvalue weighted by atomic mass is 9.99. The third-order valence-corrected chi connectivity index (χ3v) is 5.11. The summed E-state index contributed by atoms with van der Waals surface area (Å²) >= 11 is 0. The SMILES string of the molecule is CCN1CCN(C(=O)C2(CCOC)CC2)C[C@@H]1c1ncc[nH]1. The Morgan fingerprint density at radius 2 is 2.32 bits per heavy atom. The number of carbonyl (C=O) groups excluding carboxylic acids is 1. The molecule has 6 heteroatoms. The molecule has 1 atom stereocenters. The molecule has 2 fully saturated rings. The van der Waals surface area contributed by atoms with Crippen molar-refractivity contribution in [1.29, 1.82) is 0 Å². The van der Waals surface area contributed by atoms with Crippen LogP contribution in [-0.2, 0) is 9.53 Å². The van der Waals surface area contributed by atoms with Crippen LogP contribution in [-0.4, -0.2) is 65.6 Å². The number of amides is 1. The van der Waals surface area contributed by atoms with Crippen molar-refractivity contribution in [2.24, 2.45) is 5.41 Å². The van der Waals surface area contributed by atoms with Crippen LogP contribution in [0.15, 0.2) is 12.4 Å². The van der Waals surface area contributed by atoms with Gasteiger partial charge in [0.15, 0.2) is 0 Å². The van der Waals surface area contributed by atoms with E-state index in [-0.39, 0.29) is 11.5 Å². The molecule has 1 saturated carbocycles. The third-order valence-electron chi connectivity index (χ3n) is 5.11. The summed E-state index contributed by atoms with van der Waals surface area (Å²) < 4.78 is 5.18. The average Bonchev–Trinajstić information content (AvgIpc) is 3.15. The zero-order valence-corrected chi connectivity index (χ0v) is 13.5. The van der Waals surface area contributed by atoms with Gasteiger partial charge in [-0.2, -0.15) is 0 Å². The van der Waals surface area contributed by atoms with Crippen molar-refractivity contribution in [2.45, 2.75) is 32.2 Å². The largest absolute Gasteiger partial charge is 0.385 e. The van der Waals surface area contributed by atoms with Crippen LogP contribution in [0.1, 0.15) is 38.1 Å². The molecule has 0 unspecified atom stereocenters. The number of aromatic amines is 1. The van der Waals surface area contributed by atoms with Gasteiger partial charge < -0.3 is 14.6 Å². The van der Waals surface area contributed by atoms with E-state index >= 15 is 0 Å². The topological polar surface area (TPSA) is 61.5 Å². The summed E-state index contributed by atoms with van der Waals surface area (Å²) in [6, 6.07) is 0.177. The summed E-state index contributed by atoms with van der Waals surface area (Å²) in [4.78, 5) is 25.0. The summed E-state index contributed by atoms with van der Waals surface area (Å²) in [7, 11) is 1.70. The maximum Gasteiger partial charge on any atom is 0.228 e. The van der Waals surface area contributed by atoms with Gasteiger partial charge in [-0.25, -0.2) is 4.98 Å². The van der Waals surface area contributed by atoms with E-state index in [1.807, 2.05) is 11.1 Å². The zero-order valence-electron chi connectivity index (χ0n) is 13.5. The predicted octanol–water partition coefficient (Wildman–Crippen LogP) is 1.43. The number of imidazole rings is 1. The number of likely N-dealkylation sites (N-methyl/N-ethyl adjacent to an activating group) is 1. The average molecular weight is 306 g/mol. The Bertz CT molecular complexity index is 498. The molecule has 1 amide bonds. The Labute approximate surface area is 131 Å². The fourth-order valence-electron chi connectivity index (χ4n) is 3.46. The standard InChI is InChI=1S/C16H26N4O2/c1-3-19-9-10-20(12-13(19)14-17-7-8-18-14)15(21)16(4-5-16)6-11-22-2/h7-8,13H,3-6,9-12H2,1-2H3,(H,17,18)/t13-/m1/s1. The minimum absolute atomic E-state index is 0.141. The van der Waals surface area contributed by atoms with Crippen molar-refractivity contribution in [2.75, 3.05) is 39.9 Å². The fourth-order valence-corrected chi connectivity index (χ4v) is 3.46.